The molecule has 2 aromatic rings. The summed E-state index contributed by atoms with van der Waals surface area (Å²) in [6, 6.07) is 14.3. The SMILES string of the molecule is CC[C@H](C)NC(=O)[C@H](C)N(Cc1ccc(OC)cc1)C(=O)COc1ccc(I)cc1. The topological polar surface area (TPSA) is 67.9 Å². The summed E-state index contributed by atoms with van der Waals surface area (Å²) in [4.78, 5) is 27.2. The molecular weight excluding hydrogens is 495 g/mol. The third kappa shape index (κ3) is 7.19. The van der Waals surface area contributed by atoms with E-state index in [-0.39, 0.29) is 24.5 Å². The summed E-state index contributed by atoms with van der Waals surface area (Å²) in [5, 5.41) is 2.95. The summed E-state index contributed by atoms with van der Waals surface area (Å²) in [7, 11) is 1.61. The summed E-state index contributed by atoms with van der Waals surface area (Å²) in [6.07, 6.45) is 0.820. The van der Waals surface area contributed by atoms with E-state index in [1.807, 2.05) is 62.4 Å². The molecule has 0 aliphatic rings. The van der Waals surface area contributed by atoms with E-state index >= 15 is 0 Å². The van der Waals surface area contributed by atoms with Crippen molar-refractivity contribution in [3.63, 3.8) is 0 Å². The van der Waals surface area contributed by atoms with Crippen LogP contribution in [-0.4, -0.2) is 42.5 Å². The first-order valence-corrected chi connectivity index (χ1v) is 11.0. The van der Waals surface area contributed by atoms with Gasteiger partial charge in [-0.3, -0.25) is 9.59 Å². The molecular formula is C23H29IN2O4. The Morgan fingerprint density at radius 1 is 1.03 bits per heavy atom. The summed E-state index contributed by atoms with van der Waals surface area (Å²) in [5.41, 5.74) is 0.904. The van der Waals surface area contributed by atoms with E-state index in [0.29, 0.717) is 12.3 Å². The lowest BCUT2D eigenvalue weighted by molar-refractivity contribution is -0.142. The third-order valence-corrected chi connectivity index (χ3v) is 5.58. The molecule has 0 aliphatic carbocycles. The van der Waals surface area contributed by atoms with Crippen LogP contribution in [0.1, 0.15) is 32.8 Å². The number of halogens is 1. The minimum atomic E-state index is -0.631. The van der Waals surface area contributed by atoms with Gasteiger partial charge in [-0.25, -0.2) is 0 Å². The Hall–Kier alpha value is -2.29. The van der Waals surface area contributed by atoms with Gasteiger partial charge in [-0.15, -0.1) is 0 Å². The average molecular weight is 524 g/mol. The van der Waals surface area contributed by atoms with Gasteiger partial charge in [0.15, 0.2) is 6.61 Å². The number of nitrogens with one attached hydrogen (secondary N) is 1. The molecule has 30 heavy (non-hydrogen) atoms. The molecule has 0 fully saturated rings. The van der Waals surface area contributed by atoms with Crippen LogP contribution < -0.4 is 14.8 Å². The highest BCUT2D eigenvalue weighted by Gasteiger charge is 2.27. The summed E-state index contributed by atoms with van der Waals surface area (Å²) < 4.78 is 11.9. The smallest absolute Gasteiger partial charge is 0.261 e. The number of nitrogens with zero attached hydrogens (tertiary/aromatic N) is 1. The highest BCUT2D eigenvalue weighted by atomic mass is 127. The largest absolute Gasteiger partial charge is 0.497 e. The summed E-state index contributed by atoms with van der Waals surface area (Å²) >= 11 is 2.21. The van der Waals surface area contributed by atoms with Crippen molar-refractivity contribution in [1.29, 1.82) is 0 Å². The minimum Gasteiger partial charge on any atom is -0.497 e. The van der Waals surface area contributed by atoms with Crippen molar-refractivity contribution in [3.05, 3.63) is 57.7 Å². The lowest BCUT2D eigenvalue weighted by Gasteiger charge is -2.29. The summed E-state index contributed by atoms with van der Waals surface area (Å²) in [5.74, 6) is 0.919. The van der Waals surface area contributed by atoms with Gasteiger partial charge in [0, 0.05) is 16.2 Å². The van der Waals surface area contributed by atoms with E-state index in [1.54, 1.807) is 18.9 Å². The molecule has 0 saturated carbocycles. The van der Waals surface area contributed by atoms with Crippen LogP contribution in [-0.2, 0) is 16.1 Å². The van der Waals surface area contributed by atoms with Crippen molar-refractivity contribution < 1.29 is 19.1 Å². The van der Waals surface area contributed by atoms with Crippen molar-refractivity contribution in [2.45, 2.75) is 45.8 Å². The fourth-order valence-corrected chi connectivity index (χ4v) is 3.09. The monoisotopic (exact) mass is 524 g/mol. The first-order valence-electron chi connectivity index (χ1n) is 9.95. The number of amides is 2. The number of benzene rings is 2. The molecule has 0 aromatic heterocycles. The van der Waals surface area contributed by atoms with E-state index in [1.165, 1.54) is 0 Å². The standard InChI is InChI=1S/C23H29IN2O4/c1-5-16(2)25-23(28)17(3)26(14-18-6-10-20(29-4)11-7-18)22(27)15-30-21-12-8-19(24)9-13-21/h6-13,16-17H,5,14-15H2,1-4H3,(H,25,28)/t16-,17-/m0/s1. The van der Waals surface area contributed by atoms with E-state index in [2.05, 4.69) is 27.9 Å². The van der Waals surface area contributed by atoms with E-state index < -0.39 is 6.04 Å². The normalized spacial score (nSPS) is 12.6. The number of hydrogen-bond donors (Lipinski definition) is 1. The van der Waals surface area contributed by atoms with Crippen LogP contribution in [0.3, 0.4) is 0 Å². The van der Waals surface area contributed by atoms with Crippen LogP contribution in [0.4, 0.5) is 0 Å². The zero-order valence-electron chi connectivity index (χ0n) is 17.9. The zero-order valence-corrected chi connectivity index (χ0v) is 20.0. The number of ether oxygens (including phenoxy) is 2. The molecule has 162 valence electrons. The second kappa shape index (κ2) is 11.8. The number of methoxy groups -OCH3 is 1. The molecule has 0 radical (unpaired) electrons. The summed E-state index contributed by atoms with van der Waals surface area (Å²) in [6.45, 7) is 5.85. The fraction of sp³-hybridized carbons (Fsp3) is 0.391. The highest BCUT2D eigenvalue weighted by Crippen LogP contribution is 2.17. The van der Waals surface area contributed by atoms with Gasteiger partial charge in [0.2, 0.25) is 5.91 Å². The molecule has 2 atom stereocenters. The molecule has 0 heterocycles. The maximum Gasteiger partial charge on any atom is 0.261 e. The third-order valence-electron chi connectivity index (χ3n) is 4.86. The van der Waals surface area contributed by atoms with Gasteiger partial charge in [0.05, 0.1) is 7.11 Å². The van der Waals surface area contributed by atoms with Crippen LogP contribution >= 0.6 is 22.6 Å². The lowest BCUT2D eigenvalue weighted by Crippen LogP contribution is -2.50. The van der Waals surface area contributed by atoms with E-state index in [9.17, 15) is 9.59 Å². The molecule has 0 unspecified atom stereocenters. The van der Waals surface area contributed by atoms with Gasteiger partial charge in [-0.1, -0.05) is 19.1 Å². The molecule has 0 aliphatic heterocycles. The van der Waals surface area contributed by atoms with Crippen molar-refractivity contribution in [2.24, 2.45) is 0 Å². The Labute approximate surface area is 192 Å². The quantitative estimate of drug-likeness (QED) is 0.477. The molecule has 0 saturated heterocycles. The van der Waals surface area contributed by atoms with Gasteiger partial charge in [0.1, 0.15) is 17.5 Å². The van der Waals surface area contributed by atoms with Gasteiger partial charge in [0.25, 0.3) is 5.91 Å². The van der Waals surface area contributed by atoms with Crippen LogP contribution in [0.15, 0.2) is 48.5 Å². The van der Waals surface area contributed by atoms with Gasteiger partial charge in [-0.05, 0) is 84.8 Å². The predicted octanol–water partition coefficient (Wildman–Crippen LogP) is 4.01. The van der Waals surface area contributed by atoms with Crippen LogP contribution in [0.2, 0.25) is 0 Å². The Morgan fingerprint density at radius 3 is 2.20 bits per heavy atom. The maximum atomic E-state index is 13.0. The van der Waals surface area contributed by atoms with Crippen molar-refractivity contribution in [2.75, 3.05) is 13.7 Å². The molecule has 2 aromatic carbocycles. The van der Waals surface area contributed by atoms with Crippen LogP contribution in [0, 0.1) is 3.57 Å². The zero-order chi connectivity index (χ0) is 22.1. The van der Waals surface area contributed by atoms with Crippen molar-refractivity contribution in [3.8, 4) is 11.5 Å². The Balaban J connectivity index is 2.14. The molecule has 0 spiro atoms. The molecule has 6 nitrogen and oxygen atoms in total. The van der Waals surface area contributed by atoms with Crippen LogP contribution in [0.5, 0.6) is 11.5 Å². The molecule has 2 rings (SSSR count). The fourth-order valence-electron chi connectivity index (χ4n) is 2.73. The molecule has 2 amide bonds. The molecule has 7 heteroatoms. The number of hydrogen-bond acceptors (Lipinski definition) is 4. The van der Waals surface area contributed by atoms with Crippen molar-refractivity contribution in [1.82, 2.24) is 10.2 Å². The maximum absolute atomic E-state index is 13.0. The Bertz CT molecular complexity index is 824. The average Bonchev–Trinajstić information content (AvgIpc) is 2.76. The second-order valence-corrected chi connectivity index (χ2v) is 8.35. The number of rotatable bonds is 10. The van der Waals surface area contributed by atoms with E-state index in [4.69, 9.17) is 9.47 Å². The molecule has 0 bridgehead atoms. The van der Waals surface area contributed by atoms with E-state index in [0.717, 1.165) is 21.3 Å². The predicted molar refractivity (Wildman–Crippen MR) is 126 cm³/mol. The Morgan fingerprint density at radius 2 is 1.63 bits per heavy atom. The minimum absolute atomic E-state index is 0.0425. The molecule has 1 N–H and O–H groups in total. The number of carbonyl (C=O) groups excluding carboxylic acids is 2. The first-order chi connectivity index (χ1) is 14.3. The van der Waals surface area contributed by atoms with Crippen molar-refractivity contribution >= 4 is 34.4 Å². The first kappa shape index (κ1) is 24.0. The van der Waals surface area contributed by atoms with Gasteiger partial charge in [-0.2, -0.15) is 0 Å². The highest BCUT2D eigenvalue weighted by molar-refractivity contribution is 14.1. The Kier molecular flexibility index (Phi) is 9.42. The number of carbonyl (C=O) groups is 2. The van der Waals surface area contributed by atoms with Gasteiger partial charge < -0.3 is 19.7 Å². The second-order valence-electron chi connectivity index (χ2n) is 7.11. The van der Waals surface area contributed by atoms with Crippen LogP contribution in [0.25, 0.3) is 0 Å². The lowest BCUT2D eigenvalue weighted by atomic mass is 10.1. The van der Waals surface area contributed by atoms with Gasteiger partial charge >= 0.3 is 0 Å².